The molecule has 0 saturated heterocycles. The van der Waals surface area contributed by atoms with Gasteiger partial charge in [0, 0.05) is 21.3 Å². The maximum absolute atomic E-state index is 6.44. The fraction of sp³-hybridized carbons (Fsp3) is 0.538. The van der Waals surface area contributed by atoms with Crippen molar-refractivity contribution in [3.05, 3.63) is 33.8 Å². The molecule has 1 aliphatic carbocycles. The Morgan fingerprint density at radius 2 is 1.75 bits per heavy atom. The molecule has 0 spiro atoms. The quantitative estimate of drug-likeness (QED) is 0.460. The van der Waals surface area contributed by atoms with Crippen LogP contribution in [0.15, 0.2) is 18.2 Å². The molecule has 0 aliphatic heterocycles. The maximum Gasteiger partial charge on any atom is 0.0442 e. The van der Waals surface area contributed by atoms with Gasteiger partial charge in [-0.1, -0.05) is 42.5 Å². The molecule has 0 nitrogen and oxygen atoms in total. The molecule has 0 aromatic heterocycles. The Labute approximate surface area is 112 Å². The monoisotopic (exact) mass is 276 g/mol. The summed E-state index contributed by atoms with van der Waals surface area (Å²) in [5.41, 5.74) is 1.12. The van der Waals surface area contributed by atoms with Crippen molar-refractivity contribution in [2.75, 3.05) is 0 Å². The molecule has 1 aromatic rings. The van der Waals surface area contributed by atoms with Gasteiger partial charge in [0.05, 0.1) is 0 Å². The van der Waals surface area contributed by atoms with Crippen LogP contribution in [-0.4, -0.2) is 5.38 Å². The van der Waals surface area contributed by atoms with Crippen molar-refractivity contribution in [1.82, 2.24) is 0 Å². The molecule has 1 fully saturated rings. The second-order valence-corrected chi connectivity index (χ2v) is 5.83. The predicted octanol–water partition coefficient (Wildman–Crippen LogP) is 5.65. The van der Waals surface area contributed by atoms with E-state index in [2.05, 4.69) is 0 Å². The Bertz CT molecular complexity index is 362. The highest BCUT2D eigenvalue weighted by atomic mass is 35.5. The van der Waals surface area contributed by atoms with E-state index in [0.29, 0.717) is 5.92 Å². The van der Waals surface area contributed by atoms with Gasteiger partial charge in [-0.25, -0.2) is 0 Å². The molecule has 2 rings (SSSR count). The topological polar surface area (TPSA) is 0 Å². The third kappa shape index (κ3) is 2.85. The van der Waals surface area contributed by atoms with Gasteiger partial charge < -0.3 is 0 Å². The highest BCUT2D eigenvalue weighted by molar-refractivity contribution is 6.33. The van der Waals surface area contributed by atoms with Crippen LogP contribution in [0.4, 0.5) is 0 Å². The summed E-state index contributed by atoms with van der Waals surface area (Å²) >= 11 is 18.7. The second-order valence-electron chi connectivity index (χ2n) is 4.43. The van der Waals surface area contributed by atoms with Gasteiger partial charge in [0.2, 0.25) is 0 Å². The van der Waals surface area contributed by atoms with E-state index in [1.807, 2.05) is 18.2 Å². The van der Waals surface area contributed by atoms with Gasteiger partial charge in [0.15, 0.2) is 0 Å². The molecule has 0 N–H and O–H groups in total. The Balaban J connectivity index is 2.29. The highest BCUT2D eigenvalue weighted by Crippen LogP contribution is 2.39. The summed E-state index contributed by atoms with van der Waals surface area (Å²) in [6.07, 6.45) is 5.93. The Hall–Kier alpha value is 0.0900. The summed E-state index contributed by atoms with van der Waals surface area (Å²) in [4.78, 5) is 0. The summed E-state index contributed by atoms with van der Waals surface area (Å²) in [6, 6.07) is 5.66. The lowest BCUT2D eigenvalue weighted by Gasteiger charge is -2.21. The molecule has 1 saturated carbocycles. The number of hydrogen-bond acceptors (Lipinski definition) is 0. The average molecular weight is 278 g/mol. The van der Waals surface area contributed by atoms with Crippen LogP contribution < -0.4 is 0 Å². The zero-order chi connectivity index (χ0) is 11.5. The first-order chi connectivity index (χ1) is 7.68. The lowest BCUT2D eigenvalue weighted by Crippen LogP contribution is -2.11. The van der Waals surface area contributed by atoms with Gasteiger partial charge in [-0.05, 0) is 36.6 Å². The van der Waals surface area contributed by atoms with Gasteiger partial charge in [0.25, 0.3) is 0 Å². The van der Waals surface area contributed by atoms with Crippen molar-refractivity contribution >= 4 is 34.8 Å². The SMILES string of the molecule is Clc1ccc(Cl)c(C2CCCCCC2Cl)c1. The van der Waals surface area contributed by atoms with Gasteiger partial charge in [-0.15, -0.1) is 11.6 Å². The van der Waals surface area contributed by atoms with Crippen molar-refractivity contribution in [3.8, 4) is 0 Å². The Kier molecular flexibility index (Phi) is 4.41. The van der Waals surface area contributed by atoms with E-state index in [4.69, 9.17) is 34.8 Å². The molecule has 3 heteroatoms. The highest BCUT2D eigenvalue weighted by Gasteiger charge is 2.25. The summed E-state index contributed by atoms with van der Waals surface area (Å²) in [6.45, 7) is 0. The van der Waals surface area contributed by atoms with E-state index in [-0.39, 0.29) is 5.38 Å². The molecular formula is C13H15Cl3. The fourth-order valence-electron chi connectivity index (χ4n) is 2.41. The molecule has 0 radical (unpaired) electrons. The normalized spacial score (nSPS) is 26.4. The third-order valence-corrected chi connectivity index (χ3v) is 4.39. The third-order valence-electron chi connectivity index (χ3n) is 3.29. The molecule has 1 aromatic carbocycles. The molecule has 0 bridgehead atoms. The summed E-state index contributed by atoms with van der Waals surface area (Å²) in [5, 5.41) is 1.73. The van der Waals surface area contributed by atoms with Crippen LogP contribution in [0, 0.1) is 0 Å². The van der Waals surface area contributed by atoms with Crippen molar-refractivity contribution < 1.29 is 0 Å². The first-order valence-electron chi connectivity index (χ1n) is 5.77. The van der Waals surface area contributed by atoms with E-state index >= 15 is 0 Å². The summed E-state index contributed by atoms with van der Waals surface area (Å²) in [7, 11) is 0. The number of halogens is 3. The minimum Gasteiger partial charge on any atom is -0.122 e. The van der Waals surface area contributed by atoms with E-state index in [9.17, 15) is 0 Å². The summed E-state index contributed by atoms with van der Waals surface area (Å²) < 4.78 is 0. The molecule has 2 atom stereocenters. The van der Waals surface area contributed by atoms with Crippen LogP contribution in [0.5, 0.6) is 0 Å². The number of alkyl halides is 1. The molecule has 0 heterocycles. The van der Waals surface area contributed by atoms with E-state index < -0.39 is 0 Å². The van der Waals surface area contributed by atoms with E-state index in [1.165, 1.54) is 19.3 Å². The number of hydrogen-bond donors (Lipinski definition) is 0. The largest absolute Gasteiger partial charge is 0.122 e. The second kappa shape index (κ2) is 5.62. The Morgan fingerprint density at radius 1 is 1.00 bits per heavy atom. The molecule has 0 amide bonds. The molecular weight excluding hydrogens is 263 g/mol. The zero-order valence-corrected chi connectivity index (χ0v) is 11.3. The minimum atomic E-state index is 0.193. The molecule has 2 unspecified atom stereocenters. The first kappa shape index (κ1) is 12.5. The number of rotatable bonds is 1. The van der Waals surface area contributed by atoms with Crippen LogP contribution in [-0.2, 0) is 0 Å². The minimum absolute atomic E-state index is 0.193. The summed E-state index contributed by atoms with van der Waals surface area (Å²) in [5.74, 6) is 0.357. The fourth-order valence-corrected chi connectivity index (χ4v) is 3.27. The van der Waals surface area contributed by atoms with Crippen molar-refractivity contribution in [3.63, 3.8) is 0 Å². The Morgan fingerprint density at radius 3 is 2.56 bits per heavy atom. The average Bonchev–Trinajstić information content (AvgIpc) is 2.47. The molecule has 1 aliphatic rings. The van der Waals surface area contributed by atoms with Gasteiger partial charge >= 0.3 is 0 Å². The molecule has 16 heavy (non-hydrogen) atoms. The van der Waals surface area contributed by atoms with Gasteiger partial charge in [-0.3, -0.25) is 0 Å². The number of benzene rings is 1. The van der Waals surface area contributed by atoms with Crippen LogP contribution in [0.25, 0.3) is 0 Å². The van der Waals surface area contributed by atoms with Crippen LogP contribution in [0.3, 0.4) is 0 Å². The van der Waals surface area contributed by atoms with E-state index in [1.54, 1.807) is 0 Å². The van der Waals surface area contributed by atoms with Crippen molar-refractivity contribution in [2.45, 2.75) is 43.4 Å². The lowest BCUT2D eigenvalue weighted by atomic mass is 9.91. The smallest absolute Gasteiger partial charge is 0.0442 e. The van der Waals surface area contributed by atoms with Gasteiger partial charge in [0.1, 0.15) is 0 Å². The predicted molar refractivity (Wildman–Crippen MR) is 71.9 cm³/mol. The van der Waals surface area contributed by atoms with Crippen molar-refractivity contribution in [1.29, 1.82) is 0 Å². The van der Waals surface area contributed by atoms with Crippen LogP contribution in [0.2, 0.25) is 10.0 Å². The van der Waals surface area contributed by atoms with Crippen LogP contribution >= 0.6 is 34.8 Å². The van der Waals surface area contributed by atoms with Gasteiger partial charge in [-0.2, -0.15) is 0 Å². The standard InChI is InChI=1S/C13H15Cl3/c14-9-6-7-13(16)11(8-9)10-4-2-1-3-5-12(10)15/h6-8,10,12H,1-5H2. The van der Waals surface area contributed by atoms with Crippen molar-refractivity contribution in [2.24, 2.45) is 0 Å². The first-order valence-corrected chi connectivity index (χ1v) is 6.97. The zero-order valence-electron chi connectivity index (χ0n) is 9.06. The molecule has 88 valence electrons. The lowest BCUT2D eigenvalue weighted by molar-refractivity contribution is 0.600. The maximum atomic E-state index is 6.44. The van der Waals surface area contributed by atoms with E-state index in [0.717, 1.165) is 28.5 Å². The van der Waals surface area contributed by atoms with Crippen LogP contribution in [0.1, 0.15) is 43.6 Å².